The summed E-state index contributed by atoms with van der Waals surface area (Å²) in [6.07, 6.45) is 0.746. The van der Waals surface area contributed by atoms with E-state index < -0.39 is 5.97 Å². The number of aromatic carboxylic acids is 1. The number of ether oxygens (including phenoxy) is 1. The molecule has 0 aliphatic carbocycles. The highest BCUT2D eigenvalue weighted by atomic mass is 16.5. The lowest BCUT2D eigenvalue weighted by Gasteiger charge is -2.31. The molecule has 0 saturated carbocycles. The van der Waals surface area contributed by atoms with Gasteiger partial charge in [-0.05, 0) is 0 Å². The summed E-state index contributed by atoms with van der Waals surface area (Å²) in [5.74, 6) is -0.434. The Morgan fingerprint density at radius 1 is 1.32 bits per heavy atom. The first-order chi connectivity index (χ1) is 9.25. The van der Waals surface area contributed by atoms with Gasteiger partial charge in [0.25, 0.3) is 0 Å². The second kappa shape index (κ2) is 5.10. The number of fused-ring (bicyclic) bond motifs is 1. The van der Waals surface area contributed by atoms with Crippen LogP contribution in [0.25, 0.3) is 0 Å². The van der Waals surface area contributed by atoms with Gasteiger partial charge in [-0.25, -0.2) is 14.8 Å². The Morgan fingerprint density at radius 3 is 2.84 bits per heavy atom. The van der Waals surface area contributed by atoms with Crippen molar-refractivity contribution in [2.24, 2.45) is 0 Å². The van der Waals surface area contributed by atoms with E-state index in [9.17, 15) is 4.79 Å². The molecule has 2 N–H and O–H groups in total. The van der Waals surface area contributed by atoms with Gasteiger partial charge in [0.15, 0.2) is 0 Å². The van der Waals surface area contributed by atoms with Gasteiger partial charge in [-0.3, -0.25) is 0 Å². The van der Waals surface area contributed by atoms with Crippen LogP contribution < -0.4 is 10.2 Å². The second-order valence-electron chi connectivity index (χ2n) is 4.63. The predicted molar refractivity (Wildman–Crippen MR) is 67.4 cm³/mol. The van der Waals surface area contributed by atoms with Gasteiger partial charge < -0.3 is 20.1 Å². The standard InChI is InChI=1S/C12H16N4O3/c17-12(18)10-14-9-1-2-13-7-8(9)11(15-10)16-3-5-19-6-4-16/h13H,1-7H2,(H,17,18). The van der Waals surface area contributed by atoms with Gasteiger partial charge in [-0.15, -0.1) is 0 Å². The van der Waals surface area contributed by atoms with E-state index in [1.807, 2.05) is 0 Å². The Morgan fingerprint density at radius 2 is 2.11 bits per heavy atom. The lowest BCUT2D eigenvalue weighted by atomic mass is 10.1. The number of hydrogen-bond donors (Lipinski definition) is 2. The number of aromatic nitrogens is 2. The Kier molecular flexibility index (Phi) is 3.31. The first-order valence-corrected chi connectivity index (χ1v) is 6.42. The summed E-state index contributed by atoms with van der Waals surface area (Å²) in [4.78, 5) is 21.6. The third kappa shape index (κ3) is 2.39. The van der Waals surface area contributed by atoms with Gasteiger partial charge in [0.1, 0.15) is 5.82 Å². The number of carboxylic acid groups (broad SMARTS) is 1. The minimum atomic E-state index is -1.07. The van der Waals surface area contributed by atoms with Crippen molar-refractivity contribution in [3.63, 3.8) is 0 Å². The number of anilines is 1. The fourth-order valence-electron chi connectivity index (χ4n) is 2.46. The van der Waals surface area contributed by atoms with Gasteiger partial charge in [0, 0.05) is 38.2 Å². The highest BCUT2D eigenvalue weighted by molar-refractivity contribution is 5.84. The fraction of sp³-hybridized carbons (Fsp3) is 0.583. The summed E-state index contributed by atoms with van der Waals surface area (Å²) in [6, 6.07) is 0. The van der Waals surface area contributed by atoms with Crippen LogP contribution in [0.5, 0.6) is 0 Å². The van der Waals surface area contributed by atoms with E-state index in [0.717, 1.165) is 43.1 Å². The van der Waals surface area contributed by atoms with Crippen LogP contribution in [0.2, 0.25) is 0 Å². The van der Waals surface area contributed by atoms with E-state index >= 15 is 0 Å². The van der Waals surface area contributed by atoms with E-state index in [0.29, 0.717) is 19.8 Å². The fourth-order valence-corrected chi connectivity index (χ4v) is 2.46. The summed E-state index contributed by atoms with van der Waals surface area (Å²) in [7, 11) is 0. The van der Waals surface area contributed by atoms with E-state index in [1.54, 1.807) is 0 Å². The Bertz CT molecular complexity index is 500. The van der Waals surface area contributed by atoms with Crippen LogP contribution in [0.1, 0.15) is 21.9 Å². The monoisotopic (exact) mass is 264 g/mol. The summed E-state index contributed by atoms with van der Waals surface area (Å²) in [6.45, 7) is 4.29. The van der Waals surface area contributed by atoms with Crippen molar-refractivity contribution in [2.75, 3.05) is 37.7 Å². The van der Waals surface area contributed by atoms with E-state index in [-0.39, 0.29) is 5.82 Å². The van der Waals surface area contributed by atoms with Crippen LogP contribution in [-0.2, 0) is 17.7 Å². The summed E-state index contributed by atoms with van der Waals surface area (Å²) >= 11 is 0. The number of carboxylic acids is 1. The number of morpholine rings is 1. The molecule has 1 fully saturated rings. The molecule has 2 aliphatic heterocycles. The van der Waals surface area contributed by atoms with Crippen LogP contribution in [0.3, 0.4) is 0 Å². The van der Waals surface area contributed by atoms with Crippen molar-refractivity contribution >= 4 is 11.8 Å². The van der Waals surface area contributed by atoms with E-state index in [4.69, 9.17) is 9.84 Å². The lowest BCUT2D eigenvalue weighted by molar-refractivity contribution is 0.0683. The zero-order chi connectivity index (χ0) is 13.2. The average molecular weight is 264 g/mol. The summed E-state index contributed by atoms with van der Waals surface area (Å²) < 4.78 is 5.33. The van der Waals surface area contributed by atoms with Gasteiger partial charge in [0.2, 0.25) is 5.82 Å². The van der Waals surface area contributed by atoms with E-state index in [1.165, 1.54) is 0 Å². The van der Waals surface area contributed by atoms with Crippen LogP contribution in [-0.4, -0.2) is 53.9 Å². The SMILES string of the molecule is O=C(O)c1nc2c(c(N3CCOCC3)n1)CNCC2. The molecular weight excluding hydrogens is 248 g/mol. The molecule has 0 atom stereocenters. The zero-order valence-electron chi connectivity index (χ0n) is 10.6. The number of rotatable bonds is 2. The van der Waals surface area contributed by atoms with Crippen LogP contribution in [0.4, 0.5) is 5.82 Å². The third-order valence-corrected chi connectivity index (χ3v) is 3.41. The van der Waals surface area contributed by atoms with Gasteiger partial charge in [-0.2, -0.15) is 0 Å². The summed E-state index contributed by atoms with van der Waals surface area (Å²) in [5, 5.41) is 12.4. The molecule has 3 rings (SSSR count). The number of nitrogens with one attached hydrogen (secondary N) is 1. The molecule has 0 radical (unpaired) electrons. The minimum Gasteiger partial charge on any atom is -0.475 e. The minimum absolute atomic E-state index is 0.109. The first-order valence-electron chi connectivity index (χ1n) is 6.42. The normalized spacial score (nSPS) is 19.1. The van der Waals surface area contributed by atoms with Crippen molar-refractivity contribution in [3.05, 3.63) is 17.1 Å². The molecule has 1 saturated heterocycles. The van der Waals surface area contributed by atoms with Gasteiger partial charge >= 0.3 is 5.97 Å². The average Bonchev–Trinajstić information content (AvgIpc) is 2.47. The van der Waals surface area contributed by atoms with Crippen molar-refractivity contribution in [2.45, 2.75) is 13.0 Å². The Balaban J connectivity index is 2.04. The molecule has 0 spiro atoms. The molecule has 7 nitrogen and oxygen atoms in total. The van der Waals surface area contributed by atoms with Crippen molar-refractivity contribution < 1.29 is 14.6 Å². The molecule has 1 aromatic rings. The zero-order valence-corrected chi connectivity index (χ0v) is 10.6. The maximum Gasteiger partial charge on any atom is 0.374 e. The topological polar surface area (TPSA) is 87.6 Å². The molecule has 19 heavy (non-hydrogen) atoms. The maximum absolute atomic E-state index is 11.1. The quantitative estimate of drug-likeness (QED) is 0.755. The van der Waals surface area contributed by atoms with Gasteiger partial charge in [0.05, 0.1) is 18.9 Å². The lowest BCUT2D eigenvalue weighted by Crippen LogP contribution is -2.39. The molecule has 0 aromatic carbocycles. The first kappa shape index (κ1) is 12.3. The maximum atomic E-state index is 11.1. The van der Waals surface area contributed by atoms with E-state index in [2.05, 4.69) is 20.2 Å². The molecule has 102 valence electrons. The highest BCUT2D eigenvalue weighted by Gasteiger charge is 2.24. The molecule has 0 bridgehead atoms. The number of nitrogens with zero attached hydrogens (tertiary/aromatic N) is 3. The van der Waals surface area contributed by atoms with Gasteiger partial charge in [-0.1, -0.05) is 0 Å². The number of carbonyl (C=O) groups is 1. The molecule has 0 unspecified atom stereocenters. The van der Waals surface area contributed by atoms with Crippen molar-refractivity contribution in [1.29, 1.82) is 0 Å². The molecule has 1 aromatic heterocycles. The predicted octanol–water partition coefficient (Wildman–Crippen LogP) is -0.343. The van der Waals surface area contributed by atoms with Crippen molar-refractivity contribution in [1.82, 2.24) is 15.3 Å². The third-order valence-electron chi connectivity index (χ3n) is 3.41. The molecule has 2 aliphatic rings. The van der Waals surface area contributed by atoms with Crippen LogP contribution in [0, 0.1) is 0 Å². The highest BCUT2D eigenvalue weighted by Crippen LogP contribution is 2.24. The van der Waals surface area contributed by atoms with Crippen LogP contribution >= 0.6 is 0 Å². The molecule has 3 heterocycles. The Labute approximate surface area is 110 Å². The number of hydrogen-bond acceptors (Lipinski definition) is 6. The summed E-state index contributed by atoms with van der Waals surface area (Å²) in [5.41, 5.74) is 1.88. The molecule has 7 heteroatoms. The molecule has 0 amide bonds. The van der Waals surface area contributed by atoms with Crippen LogP contribution in [0.15, 0.2) is 0 Å². The molecular formula is C12H16N4O3. The Hall–Kier alpha value is -1.73. The largest absolute Gasteiger partial charge is 0.475 e. The van der Waals surface area contributed by atoms with Crippen molar-refractivity contribution in [3.8, 4) is 0 Å². The smallest absolute Gasteiger partial charge is 0.374 e. The second-order valence-corrected chi connectivity index (χ2v) is 4.63.